The number of aromatic nitrogens is 3. The first-order chi connectivity index (χ1) is 15.6. The fourth-order valence-corrected chi connectivity index (χ4v) is 4.86. The van der Waals surface area contributed by atoms with Crippen LogP contribution in [-0.2, 0) is 19.1 Å². The minimum Gasteiger partial charge on any atom is -0.463 e. The van der Waals surface area contributed by atoms with Crippen molar-refractivity contribution in [1.29, 1.82) is 0 Å². The summed E-state index contributed by atoms with van der Waals surface area (Å²) in [6.07, 6.45) is 5.03. The van der Waals surface area contributed by atoms with E-state index in [4.69, 9.17) is 14.2 Å². The van der Waals surface area contributed by atoms with Gasteiger partial charge in [0.05, 0.1) is 5.69 Å². The van der Waals surface area contributed by atoms with Crippen molar-refractivity contribution in [2.24, 2.45) is 5.92 Å². The van der Waals surface area contributed by atoms with Crippen LogP contribution in [0, 0.1) is 5.92 Å². The number of H-pyrrole nitrogens is 1. The monoisotopic (exact) mass is 432 g/mol. The molecule has 0 saturated carbocycles. The molecule has 9 heteroatoms. The van der Waals surface area contributed by atoms with Crippen molar-refractivity contribution >= 4 is 22.8 Å². The van der Waals surface area contributed by atoms with Gasteiger partial charge in [-0.25, -0.2) is 14.5 Å². The lowest BCUT2D eigenvalue weighted by Gasteiger charge is -2.54. The highest BCUT2D eigenvalue weighted by Gasteiger charge is 2.62. The third-order valence-corrected chi connectivity index (χ3v) is 6.37. The van der Waals surface area contributed by atoms with Crippen molar-refractivity contribution in [3.05, 3.63) is 54.7 Å². The summed E-state index contributed by atoms with van der Waals surface area (Å²) >= 11 is 0. The van der Waals surface area contributed by atoms with Gasteiger partial charge in [-0.2, -0.15) is 0 Å². The van der Waals surface area contributed by atoms with Gasteiger partial charge in [0.25, 0.3) is 0 Å². The molecule has 2 bridgehead atoms. The van der Waals surface area contributed by atoms with Crippen molar-refractivity contribution < 1.29 is 23.8 Å². The van der Waals surface area contributed by atoms with Crippen LogP contribution in [0.5, 0.6) is 5.88 Å². The van der Waals surface area contributed by atoms with Gasteiger partial charge in [-0.1, -0.05) is 18.2 Å². The lowest BCUT2D eigenvalue weighted by molar-refractivity contribution is -0.349. The zero-order chi connectivity index (χ0) is 21.7. The largest absolute Gasteiger partial charge is 0.463 e. The standard InChI is InChI=1S/C23H20N4O5/c28-20-7-8-21(29)32-23(31-20)22(14-9-11-27(23)12-10-14)30-19-6-5-18(25-26-19)16-13-24-17-4-2-1-3-15(16)17/h1-8,13-14,22,24H,9-12H2/t22-/m0/s1. The molecule has 4 aliphatic rings. The van der Waals surface area contributed by atoms with Gasteiger partial charge in [0.2, 0.25) is 5.88 Å². The Morgan fingerprint density at radius 3 is 2.47 bits per heavy atom. The predicted molar refractivity (Wildman–Crippen MR) is 112 cm³/mol. The molecule has 2 aromatic heterocycles. The number of fused-ring (bicyclic) bond motifs is 3. The Labute approximate surface area is 183 Å². The maximum Gasteiger partial charge on any atom is 0.359 e. The summed E-state index contributed by atoms with van der Waals surface area (Å²) in [7, 11) is 0. The Kier molecular flexibility index (Phi) is 4.25. The Hall–Kier alpha value is -3.72. The second-order valence-electron chi connectivity index (χ2n) is 8.17. The number of rotatable bonds is 3. The number of nitrogens with one attached hydrogen (secondary N) is 1. The van der Waals surface area contributed by atoms with Crippen LogP contribution in [0.25, 0.3) is 22.2 Å². The molecule has 6 heterocycles. The predicted octanol–water partition coefficient (Wildman–Crippen LogP) is 2.41. The minimum atomic E-state index is -1.60. The Balaban J connectivity index is 1.31. The van der Waals surface area contributed by atoms with Gasteiger partial charge >= 0.3 is 17.8 Å². The number of benzene rings is 1. The number of piperidine rings is 3. The summed E-state index contributed by atoms with van der Waals surface area (Å²) < 4.78 is 17.5. The number of hydrogen-bond donors (Lipinski definition) is 1. The smallest absolute Gasteiger partial charge is 0.359 e. The van der Waals surface area contributed by atoms with E-state index in [-0.39, 0.29) is 11.8 Å². The van der Waals surface area contributed by atoms with E-state index in [1.165, 1.54) is 0 Å². The van der Waals surface area contributed by atoms with E-state index >= 15 is 0 Å². The molecule has 32 heavy (non-hydrogen) atoms. The molecule has 0 amide bonds. The Morgan fingerprint density at radius 1 is 1.00 bits per heavy atom. The van der Waals surface area contributed by atoms with Crippen LogP contribution < -0.4 is 4.74 Å². The average molecular weight is 432 g/mol. The zero-order valence-electron chi connectivity index (χ0n) is 17.1. The summed E-state index contributed by atoms with van der Waals surface area (Å²) in [6.45, 7) is 1.30. The molecule has 3 aromatic rings. The third-order valence-electron chi connectivity index (χ3n) is 6.37. The number of carbonyl (C=O) groups excluding carboxylic acids is 2. The normalized spacial score (nSPS) is 26.1. The molecule has 162 valence electrons. The molecular weight excluding hydrogens is 412 g/mol. The van der Waals surface area contributed by atoms with Gasteiger partial charge < -0.3 is 19.2 Å². The number of aromatic amines is 1. The van der Waals surface area contributed by atoms with Gasteiger partial charge in [0.1, 0.15) is 0 Å². The number of carbonyl (C=O) groups is 2. The molecule has 1 N–H and O–H groups in total. The second-order valence-corrected chi connectivity index (χ2v) is 8.17. The van der Waals surface area contributed by atoms with E-state index in [1.807, 2.05) is 41.4 Å². The average Bonchev–Trinajstić information content (AvgIpc) is 3.18. The molecule has 3 fully saturated rings. The van der Waals surface area contributed by atoms with Crippen molar-refractivity contribution in [1.82, 2.24) is 20.1 Å². The van der Waals surface area contributed by atoms with E-state index in [9.17, 15) is 9.59 Å². The first kappa shape index (κ1) is 19.0. The molecule has 9 nitrogen and oxygen atoms in total. The van der Waals surface area contributed by atoms with Gasteiger partial charge in [0.15, 0.2) is 6.10 Å². The quantitative estimate of drug-likeness (QED) is 0.629. The zero-order valence-corrected chi connectivity index (χ0v) is 17.1. The van der Waals surface area contributed by atoms with Crippen LogP contribution in [0.2, 0.25) is 0 Å². The summed E-state index contributed by atoms with van der Waals surface area (Å²) in [5.74, 6) is -2.56. The van der Waals surface area contributed by atoms with Gasteiger partial charge in [0, 0.05) is 59.9 Å². The number of hydrogen-bond acceptors (Lipinski definition) is 8. The fourth-order valence-electron chi connectivity index (χ4n) is 4.86. The van der Waals surface area contributed by atoms with Crippen LogP contribution in [-0.4, -0.2) is 57.1 Å². The first-order valence-electron chi connectivity index (χ1n) is 10.6. The van der Waals surface area contributed by atoms with Crippen LogP contribution in [0.4, 0.5) is 0 Å². The molecule has 1 aromatic carbocycles. The molecule has 0 unspecified atom stereocenters. The van der Waals surface area contributed by atoms with Crippen molar-refractivity contribution in [2.45, 2.75) is 24.9 Å². The van der Waals surface area contributed by atoms with Crippen molar-refractivity contribution in [3.8, 4) is 17.1 Å². The van der Waals surface area contributed by atoms with Gasteiger partial charge in [-0.15, -0.1) is 10.2 Å². The second kappa shape index (κ2) is 7.16. The van der Waals surface area contributed by atoms with E-state index in [0.29, 0.717) is 18.8 Å². The fraction of sp³-hybridized carbons (Fsp3) is 0.304. The summed E-state index contributed by atoms with van der Waals surface area (Å²) in [6, 6.07) is 11.5. The van der Waals surface area contributed by atoms with Crippen LogP contribution in [0.1, 0.15) is 12.8 Å². The molecule has 7 rings (SSSR count). The van der Waals surface area contributed by atoms with Crippen molar-refractivity contribution in [2.75, 3.05) is 13.1 Å². The maximum absolute atomic E-state index is 12.2. The highest BCUT2D eigenvalue weighted by Crippen LogP contribution is 2.44. The highest BCUT2D eigenvalue weighted by atomic mass is 16.8. The number of nitrogens with zero attached hydrogens (tertiary/aromatic N) is 3. The van der Waals surface area contributed by atoms with Crippen LogP contribution in [0.3, 0.4) is 0 Å². The SMILES string of the molecule is O=C1C=CC(=O)OC2(O1)[C@@H](Oc1ccc(-c3c[nH]c4ccccc34)nn1)C1CCN2CC1. The third kappa shape index (κ3) is 2.96. The lowest BCUT2D eigenvalue weighted by Crippen LogP contribution is -2.71. The maximum atomic E-state index is 12.2. The van der Waals surface area contributed by atoms with Crippen molar-refractivity contribution in [3.63, 3.8) is 0 Å². The number of para-hydroxylation sites is 1. The molecule has 1 atom stereocenters. The number of esters is 2. The lowest BCUT2D eigenvalue weighted by atomic mass is 9.82. The topological polar surface area (TPSA) is 107 Å². The molecule has 0 aliphatic carbocycles. The van der Waals surface area contributed by atoms with E-state index in [0.717, 1.165) is 41.5 Å². The van der Waals surface area contributed by atoms with Gasteiger partial charge in [-0.3, -0.25) is 0 Å². The molecule has 0 radical (unpaired) electrons. The van der Waals surface area contributed by atoms with E-state index in [1.54, 1.807) is 6.07 Å². The summed E-state index contributed by atoms with van der Waals surface area (Å²) in [5, 5.41) is 9.65. The molecule has 1 spiro atoms. The first-order valence-corrected chi connectivity index (χ1v) is 10.6. The Bertz CT molecular complexity index is 1210. The van der Waals surface area contributed by atoms with Crippen LogP contribution >= 0.6 is 0 Å². The van der Waals surface area contributed by atoms with E-state index in [2.05, 4.69) is 15.2 Å². The Morgan fingerprint density at radius 2 is 1.75 bits per heavy atom. The highest BCUT2D eigenvalue weighted by molar-refractivity contribution is 5.94. The molecular formula is C23H20N4O5. The van der Waals surface area contributed by atoms with Gasteiger partial charge in [-0.05, 0) is 25.0 Å². The van der Waals surface area contributed by atoms with Crippen LogP contribution in [0.15, 0.2) is 54.7 Å². The molecule has 3 saturated heterocycles. The number of ether oxygens (including phenoxy) is 3. The molecule has 4 aliphatic heterocycles. The summed E-state index contributed by atoms with van der Waals surface area (Å²) in [4.78, 5) is 29.5. The van der Waals surface area contributed by atoms with E-state index < -0.39 is 24.0 Å². The minimum absolute atomic E-state index is 0.0498. The summed E-state index contributed by atoms with van der Waals surface area (Å²) in [5.41, 5.74) is 2.66.